The maximum atomic E-state index is 13.3. The number of aromatic nitrogens is 2. The van der Waals surface area contributed by atoms with Gasteiger partial charge in [-0.15, -0.1) is 11.3 Å². The molecule has 0 saturated heterocycles. The molecule has 0 radical (unpaired) electrons. The molecule has 2 aromatic heterocycles. The summed E-state index contributed by atoms with van der Waals surface area (Å²) in [5.74, 6) is -0.354. The third-order valence-electron chi connectivity index (χ3n) is 4.64. The zero-order valence-electron chi connectivity index (χ0n) is 16.1. The van der Waals surface area contributed by atoms with Gasteiger partial charge in [0.05, 0.1) is 11.1 Å². The van der Waals surface area contributed by atoms with E-state index in [0.29, 0.717) is 26.6 Å². The highest BCUT2D eigenvalue weighted by molar-refractivity contribution is 7.18. The molecule has 152 valence electrons. The van der Waals surface area contributed by atoms with Crippen molar-refractivity contribution in [2.75, 3.05) is 5.32 Å². The number of amides is 1. The van der Waals surface area contributed by atoms with Crippen molar-refractivity contribution < 1.29 is 4.79 Å². The van der Waals surface area contributed by atoms with E-state index in [1.807, 2.05) is 25.1 Å². The van der Waals surface area contributed by atoms with E-state index in [4.69, 9.17) is 11.6 Å². The van der Waals surface area contributed by atoms with E-state index in [9.17, 15) is 14.4 Å². The molecule has 0 fully saturated rings. The van der Waals surface area contributed by atoms with Crippen molar-refractivity contribution in [3.63, 3.8) is 0 Å². The number of nitrogens with one attached hydrogen (secondary N) is 1. The molecule has 2 heterocycles. The molecular weight excluding hydrogens is 422 g/mol. The molecule has 0 saturated carbocycles. The van der Waals surface area contributed by atoms with Crippen LogP contribution in [0, 0.1) is 0 Å². The summed E-state index contributed by atoms with van der Waals surface area (Å²) in [6.07, 6.45) is 0.723. The average molecular weight is 440 g/mol. The molecule has 30 heavy (non-hydrogen) atoms. The number of aryl methyl sites for hydroxylation is 1. The third kappa shape index (κ3) is 3.81. The summed E-state index contributed by atoms with van der Waals surface area (Å²) < 4.78 is 2.41. The van der Waals surface area contributed by atoms with Crippen LogP contribution in [0.5, 0.6) is 0 Å². The monoisotopic (exact) mass is 439 g/mol. The van der Waals surface area contributed by atoms with Crippen LogP contribution in [0.2, 0.25) is 5.02 Å². The number of fused-ring (bicyclic) bond motifs is 1. The van der Waals surface area contributed by atoms with Gasteiger partial charge in [0, 0.05) is 15.6 Å². The molecule has 2 aromatic carbocycles. The lowest BCUT2D eigenvalue weighted by atomic mass is 10.3. The number of para-hydroxylation sites is 1. The number of halogens is 1. The third-order valence-corrected chi connectivity index (χ3v) is 6.18. The number of hydrogen-bond acceptors (Lipinski definition) is 4. The van der Waals surface area contributed by atoms with Gasteiger partial charge in [-0.25, -0.2) is 9.36 Å². The Hall–Kier alpha value is -3.16. The van der Waals surface area contributed by atoms with E-state index < -0.39 is 11.2 Å². The number of rotatable bonds is 5. The molecule has 4 rings (SSSR count). The Labute approximate surface area is 181 Å². The summed E-state index contributed by atoms with van der Waals surface area (Å²) in [6, 6.07) is 17.3. The molecule has 0 atom stereocenters. The van der Waals surface area contributed by atoms with Crippen molar-refractivity contribution in [1.82, 2.24) is 9.13 Å². The smallest absolute Gasteiger partial charge is 0.325 e. The van der Waals surface area contributed by atoms with Gasteiger partial charge in [-0.1, -0.05) is 42.8 Å². The van der Waals surface area contributed by atoms with Crippen LogP contribution in [0.3, 0.4) is 0 Å². The van der Waals surface area contributed by atoms with Crippen LogP contribution in [0.25, 0.3) is 15.9 Å². The first kappa shape index (κ1) is 20.1. The first-order chi connectivity index (χ1) is 14.5. The fourth-order valence-corrected chi connectivity index (χ4v) is 4.49. The van der Waals surface area contributed by atoms with Gasteiger partial charge in [-0.05, 0) is 42.8 Å². The molecule has 0 unspecified atom stereocenters. The number of nitrogens with zero attached hydrogens (tertiary/aromatic N) is 2. The molecule has 0 aliphatic heterocycles. The van der Waals surface area contributed by atoms with E-state index in [-0.39, 0.29) is 12.5 Å². The van der Waals surface area contributed by atoms with E-state index in [2.05, 4.69) is 5.32 Å². The van der Waals surface area contributed by atoms with Crippen molar-refractivity contribution in [2.45, 2.75) is 19.9 Å². The molecule has 0 spiro atoms. The van der Waals surface area contributed by atoms with Crippen molar-refractivity contribution in [2.24, 2.45) is 0 Å². The van der Waals surface area contributed by atoms with Gasteiger partial charge < -0.3 is 5.32 Å². The summed E-state index contributed by atoms with van der Waals surface area (Å²) >= 11 is 7.42. The molecule has 1 N–H and O–H groups in total. The Morgan fingerprint density at radius 3 is 2.53 bits per heavy atom. The quantitative estimate of drug-likeness (QED) is 0.509. The maximum Gasteiger partial charge on any atom is 0.337 e. The minimum atomic E-state index is -0.581. The molecule has 0 aliphatic rings. The lowest BCUT2D eigenvalue weighted by molar-refractivity contribution is -0.116. The highest BCUT2D eigenvalue weighted by Crippen LogP contribution is 2.23. The normalized spacial score (nSPS) is 11.0. The maximum absolute atomic E-state index is 13.3. The summed E-state index contributed by atoms with van der Waals surface area (Å²) in [4.78, 5) is 40.6. The second-order valence-electron chi connectivity index (χ2n) is 6.69. The molecule has 0 bridgehead atoms. The Kier molecular flexibility index (Phi) is 5.57. The minimum absolute atomic E-state index is 0.214. The van der Waals surface area contributed by atoms with Crippen molar-refractivity contribution in [3.8, 4) is 5.69 Å². The van der Waals surface area contributed by atoms with E-state index in [1.165, 1.54) is 15.9 Å². The van der Waals surface area contributed by atoms with Crippen LogP contribution < -0.4 is 16.6 Å². The second-order valence-corrected chi connectivity index (χ2v) is 8.24. The summed E-state index contributed by atoms with van der Waals surface area (Å²) in [7, 11) is 0. The first-order valence-corrected chi connectivity index (χ1v) is 10.6. The van der Waals surface area contributed by atoms with Gasteiger partial charge in [-0.2, -0.15) is 0 Å². The Morgan fingerprint density at radius 2 is 1.83 bits per heavy atom. The molecular formula is C22H18ClN3O3S. The van der Waals surface area contributed by atoms with Crippen molar-refractivity contribution >= 4 is 44.7 Å². The highest BCUT2D eigenvalue weighted by atomic mass is 35.5. The molecule has 6 nitrogen and oxygen atoms in total. The predicted octanol–water partition coefficient (Wildman–Crippen LogP) is 4.07. The van der Waals surface area contributed by atoms with Gasteiger partial charge in [0.15, 0.2) is 0 Å². The Bertz CT molecular complexity index is 1360. The topological polar surface area (TPSA) is 73.1 Å². The Balaban J connectivity index is 1.87. The largest absolute Gasteiger partial charge is 0.337 e. The lowest BCUT2D eigenvalue weighted by Gasteiger charge is -2.12. The first-order valence-electron chi connectivity index (χ1n) is 9.37. The van der Waals surface area contributed by atoms with Crippen LogP contribution in [0.1, 0.15) is 11.8 Å². The van der Waals surface area contributed by atoms with Gasteiger partial charge in [0.25, 0.3) is 5.56 Å². The molecule has 0 aliphatic carbocycles. The number of anilines is 1. The SMILES string of the molecule is CCc1cc2c(=O)n(-c3cccc(Cl)c3)c(=O)n(CC(=O)Nc3ccccc3)c2s1. The fourth-order valence-electron chi connectivity index (χ4n) is 3.22. The standard InChI is InChI=1S/C22H18ClN3O3S/c1-2-17-12-18-20(28)26(16-10-6-7-14(23)11-16)22(29)25(21(18)30-17)13-19(27)24-15-8-4-3-5-9-15/h3-12H,2,13H2,1H3,(H,24,27). The second kappa shape index (κ2) is 8.30. The number of carbonyl (C=O) groups excluding carboxylic acids is 1. The van der Waals surface area contributed by atoms with Crippen LogP contribution in [0.15, 0.2) is 70.3 Å². The van der Waals surface area contributed by atoms with Gasteiger partial charge in [0.1, 0.15) is 11.4 Å². The van der Waals surface area contributed by atoms with Crippen LogP contribution in [-0.4, -0.2) is 15.0 Å². The minimum Gasteiger partial charge on any atom is -0.325 e. The van der Waals surface area contributed by atoms with Crippen LogP contribution >= 0.6 is 22.9 Å². The number of hydrogen-bond donors (Lipinski definition) is 1. The Morgan fingerprint density at radius 1 is 1.07 bits per heavy atom. The molecule has 8 heteroatoms. The summed E-state index contributed by atoms with van der Waals surface area (Å²) in [6.45, 7) is 1.76. The number of benzene rings is 2. The molecule has 4 aromatic rings. The average Bonchev–Trinajstić information content (AvgIpc) is 3.17. The summed E-state index contributed by atoms with van der Waals surface area (Å²) in [5, 5.41) is 3.60. The van der Waals surface area contributed by atoms with Crippen molar-refractivity contribution in [1.29, 1.82) is 0 Å². The fraction of sp³-hybridized carbons (Fsp3) is 0.136. The highest BCUT2D eigenvalue weighted by Gasteiger charge is 2.19. The van der Waals surface area contributed by atoms with E-state index in [1.54, 1.807) is 42.5 Å². The number of thiophene rings is 1. The van der Waals surface area contributed by atoms with Crippen molar-refractivity contribution in [3.05, 3.63) is 91.4 Å². The van der Waals surface area contributed by atoms with Gasteiger partial charge in [0.2, 0.25) is 5.91 Å². The van der Waals surface area contributed by atoms with Gasteiger partial charge in [-0.3, -0.25) is 14.2 Å². The zero-order chi connectivity index (χ0) is 21.3. The molecule has 1 amide bonds. The van der Waals surface area contributed by atoms with Crippen LogP contribution in [0.4, 0.5) is 5.69 Å². The van der Waals surface area contributed by atoms with E-state index in [0.717, 1.165) is 15.9 Å². The van der Waals surface area contributed by atoms with Crippen LogP contribution in [-0.2, 0) is 17.8 Å². The predicted molar refractivity (Wildman–Crippen MR) is 121 cm³/mol. The zero-order valence-corrected chi connectivity index (χ0v) is 17.7. The lowest BCUT2D eigenvalue weighted by Crippen LogP contribution is -2.40. The van der Waals surface area contributed by atoms with Gasteiger partial charge >= 0.3 is 5.69 Å². The number of carbonyl (C=O) groups is 1. The van der Waals surface area contributed by atoms with E-state index >= 15 is 0 Å². The summed E-state index contributed by atoms with van der Waals surface area (Å²) in [5.41, 5.74) is -0.00772.